The molecule has 0 aliphatic rings. The van der Waals surface area contributed by atoms with Gasteiger partial charge in [-0.05, 0) is 18.9 Å². The van der Waals surface area contributed by atoms with Gasteiger partial charge in [0.15, 0.2) is 0 Å². The zero-order valence-corrected chi connectivity index (χ0v) is 12.2. The molecule has 0 saturated heterocycles. The largest absolute Gasteiger partial charge is 0.435 e. The van der Waals surface area contributed by atoms with E-state index in [9.17, 15) is 18.7 Å². The number of rotatable bonds is 8. The molecule has 0 fully saturated rings. The number of halogens is 2. The Labute approximate surface area is 123 Å². The van der Waals surface area contributed by atoms with Gasteiger partial charge in [0.25, 0.3) is 0 Å². The second-order valence-electron chi connectivity index (χ2n) is 4.87. The maximum atomic E-state index is 12.3. The van der Waals surface area contributed by atoms with Crippen LogP contribution < -0.4 is 10.1 Å². The summed E-state index contributed by atoms with van der Waals surface area (Å²) < 4.78 is 28.9. The molecule has 0 atom stereocenters. The van der Waals surface area contributed by atoms with Crippen molar-refractivity contribution in [2.75, 3.05) is 6.54 Å². The molecular formula is C15H21F2NO3. The minimum absolute atomic E-state index is 0.0103. The molecule has 0 heterocycles. The first-order valence-electron chi connectivity index (χ1n) is 6.92. The quantitative estimate of drug-likeness (QED) is 0.775. The van der Waals surface area contributed by atoms with E-state index in [1.54, 1.807) is 18.2 Å². The van der Waals surface area contributed by atoms with Crippen LogP contribution in [0.4, 0.5) is 8.78 Å². The molecule has 0 aliphatic heterocycles. The number of nitrogens with one attached hydrogen (secondary N) is 1. The van der Waals surface area contributed by atoms with E-state index < -0.39 is 12.2 Å². The molecule has 0 unspecified atom stereocenters. The Morgan fingerprint density at radius 1 is 1.33 bits per heavy atom. The predicted octanol–water partition coefficient (Wildman–Crippen LogP) is 2.50. The Bertz CT molecular complexity index is 462. The number of para-hydroxylation sites is 1. The van der Waals surface area contributed by atoms with Crippen LogP contribution in [0, 0.1) is 0 Å². The Balaban J connectivity index is 2.63. The predicted molar refractivity (Wildman–Crippen MR) is 75.3 cm³/mol. The van der Waals surface area contributed by atoms with Crippen molar-refractivity contribution >= 4 is 5.91 Å². The van der Waals surface area contributed by atoms with E-state index in [0.29, 0.717) is 18.4 Å². The Kier molecular flexibility index (Phi) is 6.55. The van der Waals surface area contributed by atoms with E-state index in [0.717, 1.165) is 0 Å². The zero-order valence-electron chi connectivity index (χ0n) is 12.2. The highest BCUT2D eigenvalue weighted by Crippen LogP contribution is 2.21. The molecule has 1 aromatic carbocycles. The Morgan fingerprint density at radius 3 is 2.52 bits per heavy atom. The van der Waals surface area contributed by atoms with Crippen molar-refractivity contribution in [2.45, 2.75) is 45.3 Å². The second kappa shape index (κ2) is 7.93. The van der Waals surface area contributed by atoms with Crippen LogP contribution >= 0.6 is 0 Å². The fraction of sp³-hybridized carbons (Fsp3) is 0.533. The zero-order chi connectivity index (χ0) is 15.9. The smallest absolute Gasteiger partial charge is 0.387 e. The molecule has 0 bridgehead atoms. The lowest BCUT2D eigenvalue weighted by molar-refractivity contribution is -0.121. The van der Waals surface area contributed by atoms with Gasteiger partial charge in [0.1, 0.15) is 5.75 Å². The third kappa shape index (κ3) is 5.67. The number of aliphatic hydroxyl groups is 1. The summed E-state index contributed by atoms with van der Waals surface area (Å²) in [4.78, 5) is 11.9. The van der Waals surface area contributed by atoms with Gasteiger partial charge >= 0.3 is 6.61 Å². The monoisotopic (exact) mass is 301 g/mol. The van der Waals surface area contributed by atoms with Gasteiger partial charge in [0.05, 0.1) is 12.0 Å². The second-order valence-corrected chi connectivity index (χ2v) is 4.87. The summed E-state index contributed by atoms with van der Waals surface area (Å²) >= 11 is 0. The molecule has 6 heteroatoms. The number of hydrogen-bond donors (Lipinski definition) is 2. The standard InChI is InChI=1S/C15H21F2NO3/c1-3-15(20,4-2)10-18-13(19)9-11-7-5-6-8-12(11)21-14(16)17/h5-8,14,20H,3-4,9-10H2,1-2H3,(H,18,19). The van der Waals surface area contributed by atoms with E-state index in [4.69, 9.17) is 0 Å². The SMILES string of the molecule is CCC(O)(CC)CNC(=O)Cc1ccccc1OC(F)F. The number of alkyl halides is 2. The van der Waals surface area contributed by atoms with Crippen LogP contribution in [-0.2, 0) is 11.2 Å². The van der Waals surface area contributed by atoms with E-state index in [2.05, 4.69) is 10.1 Å². The molecular weight excluding hydrogens is 280 g/mol. The van der Waals surface area contributed by atoms with E-state index in [1.165, 1.54) is 6.07 Å². The Morgan fingerprint density at radius 2 is 1.95 bits per heavy atom. The van der Waals surface area contributed by atoms with Crippen molar-refractivity contribution in [3.63, 3.8) is 0 Å². The molecule has 1 aromatic rings. The van der Waals surface area contributed by atoms with Crippen molar-refractivity contribution in [3.8, 4) is 5.75 Å². The van der Waals surface area contributed by atoms with Gasteiger partial charge in [-0.2, -0.15) is 8.78 Å². The van der Waals surface area contributed by atoms with Gasteiger partial charge in [0, 0.05) is 12.1 Å². The highest BCUT2D eigenvalue weighted by atomic mass is 19.3. The van der Waals surface area contributed by atoms with Gasteiger partial charge in [-0.1, -0.05) is 32.0 Å². The fourth-order valence-electron chi connectivity index (χ4n) is 1.86. The molecule has 118 valence electrons. The van der Waals surface area contributed by atoms with Crippen LogP contribution in [0.2, 0.25) is 0 Å². The van der Waals surface area contributed by atoms with E-state index in [1.807, 2.05) is 13.8 Å². The van der Waals surface area contributed by atoms with Crippen LogP contribution in [0.1, 0.15) is 32.3 Å². The molecule has 1 amide bonds. The van der Waals surface area contributed by atoms with E-state index in [-0.39, 0.29) is 24.6 Å². The first kappa shape index (κ1) is 17.4. The van der Waals surface area contributed by atoms with Gasteiger partial charge in [-0.3, -0.25) is 4.79 Å². The summed E-state index contributed by atoms with van der Waals surface area (Å²) in [6.45, 7) is 0.874. The van der Waals surface area contributed by atoms with Gasteiger partial charge in [-0.15, -0.1) is 0 Å². The maximum absolute atomic E-state index is 12.3. The van der Waals surface area contributed by atoms with Gasteiger partial charge < -0.3 is 15.2 Å². The minimum Gasteiger partial charge on any atom is -0.435 e. The van der Waals surface area contributed by atoms with E-state index >= 15 is 0 Å². The first-order valence-corrected chi connectivity index (χ1v) is 6.92. The summed E-state index contributed by atoms with van der Waals surface area (Å²) in [5.74, 6) is -0.357. The molecule has 0 radical (unpaired) electrons. The lowest BCUT2D eigenvalue weighted by Crippen LogP contribution is -2.42. The average molecular weight is 301 g/mol. The summed E-state index contributed by atoms with van der Waals surface area (Å²) in [6, 6.07) is 6.16. The number of amides is 1. The van der Waals surface area contributed by atoms with Crippen LogP contribution in [0.5, 0.6) is 5.75 Å². The third-order valence-electron chi connectivity index (χ3n) is 3.47. The molecule has 1 rings (SSSR count). The number of carbonyl (C=O) groups is 1. The normalized spacial score (nSPS) is 11.5. The van der Waals surface area contributed by atoms with Crippen molar-refractivity contribution < 1.29 is 23.4 Å². The molecule has 4 nitrogen and oxygen atoms in total. The number of ether oxygens (including phenoxy) is 1. The summed E-state index contributed by atoms with van der Waals surface area (Å²) in [7, 11) is 0. The fourth-order valence-corrected chi connectivity index (χ4v) is 1.86. The molecule has 0 aliphatic carbocycles. The van der Waals surface area contributed by atoms with Gasteiger partial charge in [0.2, 0.25) is 5.91 Å². The Hall–Kier alpha value is -1.69. The van der Waals surface area contributed by atoms with Crippen LogP contribution in [-0.4, -0.2) is 29.8 Å². The number of carbonyl (C=O) groups excluding carboxylic acids is 1. The third-order valence-corrected chi connectivity index (χ3v) is 3.47. The first-order chi connectivity index (χ1) is 9.90. The summed E-state index contributed by atoms with van der Waals surface area (Å²) in [5.41, 5.74) is -0.555. The van der Waals surface area contributed by atoms with Crippen LogP contribution in [0.3, 0.4) is 0 Å². The average Bonchev–Trinajstić information content (AvgIpc) is 2.46. The number of benzene rings is 1. The van der Waals surface area contributed by atoms with Crippen molar-refractivity contribution in [1.82, 2.24) is 5.32 Å². The molecule has 0 saturated carbocycles. The summed E-state index contributed by atoms with van der Waals surface area (Å²) in [6.07, 6.45) is 0.968. The summed E-state index contributed by atoms with van der Waals surface area (Å²) in [5, 5.41) is 12.7. The van der Waals surface area contributed by atoms with Crippen molar-refractivity contribution in [2.24, 2.45) is 0 Å². The molecule has 0 aromatic heterocycles. The molecule has 2 N–H and O–H groups in total. The lowest BCUT2D eigenvalue weighted by atomic mass is 9.97. The highest BCUT2D eigenvalue weighted by molar-refractivity contribution is 5.79. The van der Waals surface area contributed by atoms with Crippen molar-refractivity contribution in [1.29, 1.82) is 0 Å². The van der Waals surface area contributed by atoms with Crippen LogP contribution in [0.25, 0.3) is 0 Å². The molecule has 0 spiro atoms. The van der Waals surface area contributed by atoms with Crippen LogP contribution in [0.15, 0.2) is 24.3 Å². The lowest BCUT2D eigenvalue weighted by Gasteiger charge is -2.25. The van der Waals surface area contributed by atoms with Gasteiger partial charge in [-0.25, -0.2) is 0 Å². The molecule has 21 heavy (non-hydrogen) atoms. The highest BCUT2D eigenvalue weighted by Gasteiger charge is 2.23. The minimum atomic E-state index is -2.93. The number of hydrogen-bond acceptors (Lipinski definition) is 3. The topological polar surface area (TPSA) is 58.6 Å². The maximum Gasteiger partial charge on any atom is 0.387 e. The van der Waals surface area contributed by atoms with Crippen molar-refractivity contribution in [3.05, 3.63) is 29.8 Å².